The lowest BCUT2D eigenvalue weighted by atomic mass is 10.2. The molecule has 10 heavy (non-hydrogen) atoms. The van der Waals surface area contributed by atoms with Gasteiger partial charge in [0.05, 0.1) is 0 Å². The van der Waals surface area contributed by atoms with Crippen molar-refractivity contribution >= 4 is 0 Å². The Morgan fingerprint density at radius 3 is 2.50 bits per heavy atom. The van der Waals surface area contributed by atoms with Crippen LogP contribution in [0.5, 0.6) is 0 Å². The average molecular weight is 137 g/mol. The molecular formula is C8H13N2+. The monoisotopic (exact) mass is 137 g/mol. The van der Waals surface area contributed by atoms with Gasteiger partial charge in [-0.3, -0.25) is 5.84 Å². The molecule has 4 N–H and O–H groups in total. The summed E-state index contributed by atoms with van der Waals surface area (Å²) in [5, 5.41) is 0. The predicted molar refractivity (Wildman–Crippen MR) is 41.0 cm³/mol. The Hall–Kier alpha value is -0.860. The molecule has 0 atom stereocenters. The Kier molecular flexibility index (Phi) is 2.93. The molecule has 0 bridgehead atoms. The zero-order valence-electron chi connectivity index (χ0n) is 6.01. The number of quaternary nitrogens is 1. The van der Waals surface area contributed by atoms with Gasteiger partial charge in [0.2, 0.25) is 0 Å². The van der Waals surface area contributed by atoms with Crippen LogP contribution in [0.15, 0.2) is 30.3 Å². The Balaban J connectivity index is 2.43. The molecule has 1 aromatic carbocycles. The Morgan fingerprint density at radius 1 is 1.20 bits per heavy atom. The van der Waals surface area contributed by atoms with E-state index in [0.717, 1.165) is 13.0 Å². The summed E-state index contributed by atoms with van der Waals surface area (Å²) in [6, 6.07) is 10.4. The van der Waals surface area contributed by atoms with Crippen LogP contribution in [0, 0.1) is 0 Å². The maximum Gasteiger partial charge on any atom is 0.0483 e. The van der Waals surface area contributed by atoms with Crippen LogP contribution in [-0.4, -0.2) is 6.54 Å². The quantitative estimate of drug-likeness (QED) is 0.564. The van der Waals surface area contributed by atoms with Gasteiger partial charge in [-0.1, -0.05) is 30.3 Å². The molecule has 0 spiro atoms. The number of rotatable bonds is 3. The van der Waals surface area contributed by atoms with Crippen molar-refractivity contribution in [2.24, 2.45) is 0 Å². The molecule has 2 heteroatoms. The third-order valence-electron chi connectivity index (χ3n) is 1.43. The van der Waals surface area contributed by atoms with Gasteiger partial charge < -0.3 is 0 Å². The van der Waals surface area contributed by atoms with E-state index >= 15 is 0 Å². The summed E-state index contributed by atoms with van der Waals surface area (Å²) in [6.45, 7) is 0.948. The maximum atomic E-state index is 3.55. The van der Waals surface area contributed by atoms with Crippen molar-refractivity contribution in [3.63, 3.8) is 0 Å². The summed E-state index contributed by atoms with van der Waals surface area (Å²) < 4.78 is 0. The molecule has 0 saturated carbocycles. The third kappa shape index (κ3) is 2.17. The van der Waals surface area contributed by atoms with Crippen LogP contribution in [0.3, 0.4) is 0 Å². The summed E-state index contributed by atoms with van der Waals surface area (Å²) in [5.74, 6) is 3.55. The molecule has 0 saturated heterocycles. The van der Waals surface area contributed by atoms with Crippen LogP contribution in [0.2, 0.25) is 0 Å². The first kappa shape index (κ1) is 7.25. The first-order valence-electron chi connectivity index (χ1n) is 3.47. The molecule has 0 aliphatic carbocycles. The lowest BCUT2D eigenvalue weighted by Crippen LogP contribution is -2.65. The summed E-state index contributed by atoms with van der Waals surface area (Å²) in [7, 11) is 0. The molecule has 1 rings (SSSR count). The molecule has 54 valence electrons. The van der Waals surface area contributed by atoms with Crippen LogP contribution in [-0.2, 0) is 6.42 Å². The molecule has 0 aliphatic rings. The van der Waals surface area contributed by atoms with Crippen molar-refractivity contribution in [1.29, 1.82) is 0 Å². The van der Waals surface area contributed by atoms with Crippen molar-refractivity contribution in [2.75, 3.05) is 6.54 Å². The van der Waals surface area contributed by atoms with E-state index in [1.807, 2.05) is 6.07 Å². The summed E-state index contributed by atoms with van der Waals surface area (Å²) in [5.41, 5.74) is 4.23. The van der Waals surface area contributed by atoms with Crippen molar-refractivity contribution in [3.05, 3.63) is 35.9 Å². The second-order valence-electron chi connectivity index (χ2n) is 2.24. The summed E-state index contributed by atoms with van der Waals surface area (Å²) >= 11 is 0. The van der Waals surface area contributed by atoms with Crippen LogP contribution in [0.4, 0.5) is 0 Å². The first-order chi connectivity index (χ1) is 4.93. The minimum Gasteiger partial charge on any atom is -0.280 e. The smallest absolute Gasteiger partial charge is 0.0483 e. The summed E-state index contributed by atoms with van der Waals surface area (Å²) in [6.07, 6.45) is 1.06. The molecule has 0 aliphatic heterocycles. The summed E-state index contributed by atoms with van der Waals surface area (Å²) in [4.78, 5) is 0. The van der Waals surface area contributed by atoms with E-state index in [9.17, 15) is 0 Å². The third-order valence-corrected chi connectivity index (χ3v) is 1.43. The van der Waals surface area contributed by atoms with E-state index < -0.39 is 0 Å². The number of benzene rings is 1. The first-order valence-corrected chi connectivity index (χ1v) is 3.47. The molecule has 0 amide bonds. The SMILES string of the molecule is [NH3+]NCCc1ccccc1. The van der Waals surface area contributed by atoms with E-state index in [-0.39, 0.29) is 0 Å². The molecule has 2 nitrogen and oxygen atoms in total. The average Bonchev–Trinajstić information content (AvgIpc) is 2.03. The maximum absolute atomic E-state index is 3.55. The van der Waals surface area contributed by atoms with Crippen molar-refractivity contribution in [2.45, 2.75) is 6.42 Å². The fourth-order valence-electron chi connectivity index (χ4n) is 0.877. The minimum absolute atomic E-state index is 0.948. The van der Waals surface area contributed by atoms with Crippen molar-refractivity contribution in [1.82, 2.24) is 5.43 Å². The van der Waals surface area contributed by atoms with Gasteiger partial charge >= 0.3 is 0 Å². The minimum atomic E-state index is 0.948. The number of nitrogens with one attached hydrogen (secondary N) is 1. The highest BCUT2D eigenvalue weighted by molar-refractivity contribution is 5.14. The van der Waals surface area contributed by atoms with Gasteiger partial charge in [-0.25, -0.2) is 0 Å². The topological polar surface area (TPSA) is 39.7 Å². The second-order valence-corrected chi connectivity index (χ2v) is 2.24. The molecular weight excluding hydrogens is 124 g/mol. The predicted octanol–water partition coefficient (Wildman–Crippen LogP) is -0.0244. The molecule has 0 aromatic heterocycles. The van der Waals surface area contributed by atoms with Gasteiger partial charge in [-0.15, -0.1) is 0 Å². The standard InChI is InChI=1S/C8H12N2/c9-10-7-6-8-4-2-1-3-5-8/h1-5,10H,6-7,9H2/p+1. The van der Waals surface area contributed by atoms with Gasteiger partial charge in [0, 0.05) is 6.54 Å². The second kappa shape index (κ2) is 4.04. The fraction of sp³-hybridized carbons (Fsp3) is 0.250. The zero-order valence-corrected chi connectivity index (χ0v) is 6.01. The van der Waals surface area contributed by atoms with Gasteiger partial charge in [-0.2, -0.15) is 5.43 Å². The highest BCUT2D eigenvalue weighted by Gasteiger charge is 1.88. The van der Waals surface area contributed by atoms with E-state index in [4.69, 9.17) is 0 Å². The highest BCUT2D eigenvalue weighted by atomic mass is 15.2. The molecule has 0 fully saturated rings. The fourth-order valence-corrected chi connectivity index (χ4v) is 0.877. The van der Waals surface area contributed by atoms with Gasteiger partial charge in [-0.05, 0) is 12.0 Å². The van der Waals surface area contributed by atoms with Crippen molar-refractivity contribution in [3.8, 4) is 0 Å². The Morgan fingerprint density at radius 2 is 1.90 bits per heavy atom. The number of hydrogen-bond donors (Lipinski definition) is 2. The Labute approximate surface area is 61.0 Å². The van der Waals surface area contributed by atoms with Crippen LogP contribution in [0.1, 0.15) is 5.56 Å². The number of hydrogen-bond acceptors (Lipinski definition) is 1. The van der Waals surface area contributed by atoms with Gasteiger partial charge in [0.15, 0.2) is 0 Å². The van der Waals surface area contributed by atoms with Crippen LogP contribution >= 0.6 is 0 Å². The molecule has 0 unspecified atom stereocenters. The highest BCUT2D eigenvalue weighted by Crippen LogP contribution is 1.97. The normalized spacial score (nSPS) is 9.70. The molecule has 0 heterocycles. The lowest BCUT2D eigenvalue weighted by molar-refractivity contribution is -0.442. The van der Waals surface area contributed by atoms with Crippen LogP contribution in [0.25, 0.3) is 0 Å². The molecule has 1 aromatic rings. The Bertz CT molecular complexity index is 172. The van der Waals surface area contributed by atoms with Crippen molar-refractivity contribution < 1.29 is 5.84 Å². The van der Waals surface area contributed by atoms with E-state index in [0.29, 0.717) is 0 Å². The van der Waals surface area contributed by atoms with E-state index in [1.165, 1.54) is 5.56 Å². The van der Waals surface area contributed by atoms with E-state index in [2.05, 4.69) is 35.5 Å². The van der Waals surface area contributed by atoms with Gasteiger partial charge in [0.25, 0.3) is 0 Å². The molecule has 0 radical (unpaired) electrons. The van der Waals surface area contributed by atoms with Crippen LogP contribution < -0.4 is 11.3 Å². The lowest BCUT2D eigenvalue weighted by Gasteiger charge is -1.96. The van der Waals surface area contributed by atoms with E-state index in [1.54, 1.807) is 0 Å². The van der Waals surface area contributed by atoms with Gasteiger partial charge in [0.1, 0.15) is 0 Å². The zero-order chi connectivity index (χ0) is 7.23. The largest absolute Gasteiger partial charge is 0.280 e.